The highest BCUT2D eigenvalue weighted by atomic mass is 16.1. The normalized spacial score (nSPS) is 10.8. The quantitative estimate of drug-likeness (QED) is 0.513. The van der Waals surface area contributed by atoms with Crippen molar-refractivity contribution in [3.05, 3.63) is 64.7 Å². The van der Waals surface area contributed by atoms with E-state index in [2.05, 4.69) is 54.5 Å². The van der Waals surface area contributed by atoms with Crippen LogP contribution >= 0.6 is 0 Å². The van der Waals surface area contributed by atoms with Crippen LogP contribution in [0.1, 0.15) is 54.7 Å². The molecule has 2 rings (SSSR count). The zero-order valence-corrected chi connectivity index (χ0v) is 18.2. The number of carbonyl (C=O) groups is 1. The van der Waals surface area contributed by atoms with Crippen molar-refractivity contribution in [3.8, 4) is 0 Å². The number of amides is 1. The number of nitrogens with zero attached hydrogens (tertiary/aromatic N) is 3. The molecule has 0 saturated heterocycles. The molecule has 0 saturated carbocycles. The molecule has 2 aromatic rings. The number of carbonyl (C=O) groups excluding carboxylic acids is 1. The van der Waals surface area contributed by atoms with Crippen molar-refractivity contribution in [3.63, 3.8) is 0 Å². The molecule has 2 aromatic carbocycles. The summed E-state index contributed by atoms with van der Waals surface area (Å²) in [5.41, 5.74) is 4.86. The molecular weight excluding hydrogens is 360 g/mol. The van der Waals surface area contributed by atoms with Gasteiger partial charge in [-0.3, -0.25) is 19.8 Å². The number of aliphatic imine (C=N–C) groups is 3. The maximum Gasteiger partial charge on any atom is 0.255 e. The smallest absolute Gasteiger partial charge is 0.255 e. The van der Waals surface area contributed by atoms with Crippen LogP contribution in [-0.4, -0.2) is 32.2 Å². The average molecular weight is 393 g/mol. The summed E-state index contributed by atoms with van der Waals surface area (Å²) in [6.07, 6.45) is 1.44. The molecular formula is C24H32N4O. The third kappa shape index (κ3) is 7.82. The first-order valence-corrected chi connectivity index (χ1v) is 9.61. The average Bonchev–Trinajstić information content (AvgIpc) is 2.69. The number of benzene rings is 2. The second-order valence-corrected chi connectivity index (χ2v) is 7.55. The van der Waals surface area contributed by atoms with Crippen molar-refractivity contribution < 1.29 is 4.79 Å². The summed E-state index contributed by atoms with van der Waals surface area (Å²) in [6, 6.07) is 13.6. The van der Waals surface area contributed by atoms with Crippen LogP contribution in [-0.2, 0) is 12.0 Å². The first kappa shape index (κ1) is 24.0. The van der Waals surface area contributed by atoms with Gasteiger partial charge >= 0.3 is 0 Å². The van der Waals surface area contributed by atoms with Crippen LogP contribution in [0.4, 0.5) is 5.69 Å². The van der Waals surface area contributed by atoms with E-state index in [1.54, 1.807) is 0 Å². The molecule has 0 fully saturated rings. The molecule has 0 aliphatic carbocycles. The van der Waals surface area contributed by atoms with Crippen molar-refractivity contribution in [1.82, 2.24) is 0 Å². The summed E-state index contributed by atoms with van der Waals surface area (Å²) >= 11 is 0. The van der Waals surface area contributed by atoms with Crippen LogP contribution < -0.4 is 5.32 Å². The van der Waals surface area contributed by atoms with Gasteiger partial charge < -0.3 is 5.32 Å². The number of rotatable bonds is 6. The topological polar surface area (TPSA) is 66.2 Å². The zero-order chi connectivity index (χ0) is 21.9. The Balaban J connectivity index is 0.000000612. The molecule has 0 spiro atoms. The highest BCUT2D eigenvalue weighted by molar-refractivity contribution is 6.04. The van der Waals surface area contributed by atoms with E-state index >= 15 is 0 Å². The van der Waals surface area contributed by atoms with Crippen LogP contribution in [0.5, 0.6) is 0 Å². The van der Waals surface area contributed by atoms with E-state index in [9.17, 15) is 4.79 Å². The lowest BCUT2D eigenvalue weighted by Gasteiger charge is -2.19. The number of hydrogen-bond donors (Lipinski definition) is 1. The number of anilines is 1. The summed E-state index contributed by atoms with van der Waals surface area (Å²) < 4.78 is 0. The second-order valence-electron chi connectivity index (χ2n) is 7.55. The Labute approximate surface area is 174 Å². The van der Waals surface area contributed by atoms with Gasteiger partial charge in [0, 0.05) is 17.8 Å². The lowest BCUT2D eigenvalue weighted by Crippen LogP contribution is -2.15. The van der Waals surface area contributed by atoms with Gasteiger partial charge in [-0.15, -0.1) is 0 Å². The van der Waals surface area contributed by atoms with Gasteiger partial charge in [-0.05, 0) is 67.6 Å². The van der Waals surface area contributed by atoms with E-state index in [4.69, 9.17) is 0 Å². The van der Waals surface area contributed by atoms with Crippen LogP contribution in [0.15, 0.2) is 57.4 Å². The minimum Gasteiger partial charge on any atom is -0.322 e. The summed E-state index contributed by atoms with van der Waals surface area (Å²) in [5.74, 6) is -0.0997. The molecule has 0 heterocycles. The molecule has 0 radical (unpaired) electrons. The first-order chi connectivity index (χ1) is 13.7. The van der Waals surface area contributed by atoms with E-state index in [1.807, 2.05) is 56.3 Å². The van der Waals surface area contributed by atoms with Crippen molar-refractivity contribution in [2.75, 3.05) is 11.9 Å². The second kappa shape index (κ2) is 11.7. The third-order valence-electron chi connectivity index (χ3n) is 4.34. The Bertz CT molecular complexity index is 846. The van der Waals surface area contributed by atoms with Crippen molar-refractivity contribution in [2.24, 2.45) is 15.0 Å². The molecule has 0 aliphatic heterocycles. The molecule has 0 atom stereocenters. The Hall–Kier alpha value is -3.08. The minimum absolute atomic E-state index is 0.0810. The predicted octanol–water partition coefficient (Wildman–Crippen LogP) is 5.48. The van der Waals surface area contributed by atoms with E-state index < -0.39 is 0 Å². The predicted molar refractivity (Wildman–Crippen MR) is 126 cm³/mol. The molecule has 1 N–H and O–H groups in total. The molecule has 0 bridgehead atoms. The van der Waals surface area contributed by atoms with Gasteiger partial charge in [0.25, 0.3) is 5.91 Å². The molecule has 5 heteroatoms. The fraction of sp³-hybridized carbons (Fsp3) is 0.333. The van der Waals surface area contributed by atoms with Crippen LogP contribution in [0.25, 0.3) is 0 Å². The largest absolute Gasteiger partial charge is 0.322 e. The maximum atomic E-state index is 12.4. The highest BCUT2D eigenvalue weighted by Gasteiger charge is 2.15. The van der Waals surface area contributed by atoms with Gasteiger partial charge in [0.1, 0.15) is 6.34 Å². The Morgan fingerprint density at radius 2 is 1.76 bits per heavy atom. The minimum atomic E-state index is -0.0997. The Kier molecular flexibility index (Phi) is 9.66. The molecule has 0 aliphatic rings. The van der Waals surface area contributed by atoms with Crippen molar-refractivity contribution >= 4 is 31.4 Å². The van der Waals surface area contributed by atoms with Crippen LogP contribution in [0.2, 0.25) is 0 Å². The van der Waals surface area contributed by atoms with Gasteiger partial charge in [-0.2, -0.15) is 0 Å². The molecule has 0 unspecified atom stereocenters. The molecule has 0 aromatic heterocycles. The van der Waals surface area contributed by atoms with Gasteiger partial charge in [-0.25, -0.2) is 0 Å². The number of nitrogens with one attached hydrogen (secondary N) is 1. The molecule has 154 valence electrons. The van der Waals surface area contributed by atoms with Crippen LogP contribution in [0, 0.1) is 6.92 Å². The lowest BCUT2D eigenvalue weighted by molar-refractivity contribution is 0.102. The zero-order valence-electron chi connectivity index (χ0n) is 18.2. The standard InChI is InChI=1S/C20H24N2O.C4H8N2/c1-14-16(13-21-5)7-6-8-18(14)22-19(23)15-9-11-17(12-10-15)20(2,3)4;1-3-6-4-5-2/h6-12H,5,13H2,1-4H3,(H,22,23);4H,2-3H2,1H3. The van der Waals surface area contributed by atoms with Gasteiger partial charge in [0.05, 0.1) is 6.54 Å². The maximum absolute atomic E-state index is 12.4. The first-order valence-electron chi connectivity index (χ1n) is 9.61. The fourth-order valence-corrected chi connectivity index (χ4v) is 2.57. The summed E-state index contributed by atoms with van der Waals surface area (Å²) in [6.45, 7) is 18.5. The number of hydrogen-bond acceptors (Lipinski definition) is 3. The SMILES string of the molecule is C=NC=NCC.C=NCc1cccc(NC(=O)c2ccc(C(C)(C)C)cc2)c1C. The van der Waals surface area contributed by atoms with E-state index in [1.165, 1.54) is 11.9 Å². The summed E-state index contributed by atoms with van der Waals surface area (Å²) in [4.78, 5) is 23.5. The van der Waals surface area contributed by atoms with E-state index in [0.29, 0.717) is 12.1 Å². The van der Waals surface area contributed by atoms with Crippen molar-refractivity contribution in [1.29, 1.82) is 0 Å². The Morgan fingerprint density at radius 1 is 1.10 bits per heavy atom. The van der Waals surface area contributed by atoms with Gasteiger partial charge in [-0.1, -0.05) is 45.0 Å². The lowest BCUT2D eigenvalue weighted by atomic mass is 9.86. The molecule has 29 heavy (non-hydrogen) atoms. The Morgan fingerprint density at radius 3 is 2.24 bits per heavy atom. The van der Waals surface area contributed by atoms with Crippen molar-refractivity contribution in [2.45, 2.75) is 46.6 Å². The third-order valence-corrected chi connectivity index (χ3v) is 4.34. The summed E-state index contributed by atoms with van der Waals surface area (Å²) in [7, 11) is 0. The molecule has 5 nitrogen and oxygen atoms in total. The summed E-state index contributed by atoms with van der Waals surface area (Å²) in [5, 5.41) is 2.98. The van der Waals surface area contributed by atoms with Crippen LogP contribution in [0.3, 0.4) is 0 Å². The highest BCUT2D eigenvalue weighted by Crippen LogP contribution is 2.23. The fourth-order valence-electron chi connectivity index (χ4n) is 2.57. The van der Waals surface area contributed by atoms with E-state index in [-0.39, 0.29) is 11.3 Å². The molecule has 1 amide bonds. The van der Waals surface area contributed by atoms with Gasteiger partial charge in [0.15, 0.2) is 0 Å². The van der Waals surface area contributed by atoms with Gasteiger partial charge in [0.2, 0.25) is 0 Å². The van der Waals surface area contributed by atoms with E-state index in [0.717, 1.165) is 23.4 Å². The monoisotopic (exact) mass is 392 g/mol.